The first kappa shape index (κ1) is 10.2. The third-order valence-corrected chi connectivity index (χ3v) is 1.78. The molecule has 0 unspecified atom stereocenters. The number of aldehydes is 1. The van der Waals surface area contributed by atoms with Crippen molar-refractivity contribution in [1.29, 1.82) is 0 Å². The molecule has 1 rings (SSSR count). The molecular formula is C10H11NO3. The molecule has 4 nitrogen and oxygen atoms in total. The molecule has 0 fully saturated rings. The van der Waals surface area contributed by atoms with Gasteiger partial charge in [-0.2, -0.15) is 0 Å². The first-order valence-corrected chi connectivity index (χ1v) is 4.11. The van der Waals surface area contributed by atoms with E-state index in [9.17, 15) is 14.7 Å². The summed E-state index contributed by atoms with van der Waals surface area (Å²) in [6, 6.07) is 3.03. The second-order valence-electron chi connectivity index (χ2n) is 3.03. The van der Waals surface area contributed by atoms with E-state index in [1.165, 1.54) is 13.0 Å². The SMILES string of the molecule is CC(=O)Nc1cc(C)c(O)c(C=O)c1. The number of hydrogen-bond donors (Lipinski definition) is 2. The summed E-state index contributed by atoms with van der Waals surface area (Å²) in [5, 5.41) is 12.0. The number of anilines is 1. The summed E-state index contributed by atoms with van der Waals surface area (Å²) in [6.45, 7) is 3.04. The number of rotatable bonds is 2. The highest BCUT2D eigenvalue weighted by molar-refractivity contribution is 5.91. The van der Waals surface area contributed by atoms with E-state index in [2.05, 4.69) is 5.32 Å². The Morgan fingerprint density at radius 1 is 1.50 bits per heavy atom. The van der Waals surface area contributed by atoms with E-state index in [0.717, 1.165) is 0 Å². The molecule has 0 aromatic heterocycles. The molecule has 0 heterocycles. The lowest BCUT2D eigenvalue weighted by Gasteiger charge is -2.06. The fraction of sp³-hybridized carbons (Fsp3) is 0.200. The number of aryl methyl sites for hydroxylation is 1. The van der Waals surface area contributed by atoms with Crippen molar-refractivity contribution in [3.8, 4) is 5.75 Å². The number of phenolic OH excluding ortho intramolecular Hbond substituents is 1. The van der Waals surface area contributed by atoms with Crippen molar-refractivity contribution in [2.75, 3.05) is 5.32 Å². The fourth-order valence-electron chi connectivity index (χ4n) is 1.17. The molecule has 1 amide bonds. The van der Waals surface area contributed by atoms with Gasteiger partial charge in [-0.05, 0) is 24.6 Å². The van der Waals surface area contributed by atoms with Gasteiger partial charge in [-0.1, -0.05) is 0 Å². The molecule has 2 N–H and O–H groups in total. The molecule has 74 valence electrons. The van der Waals surface area contributed by atoms with Crippen LogP contribution >= 0.6 is 0 Å². The minimum Gasteiger partial charge on any atom is -0.507 e. The van der Waals surface area contributed by atoms with Gasteiger partial charge in [0.25, 0.3) is 0 Å². The van der Waals surface area contributed by atoms with Crippen molar-refractivity contribution in [3.05, 3.63) is 23.3 Å². The number of carbonyl (C=O) groups is 2. The van der Waals surface area contributed by atoms with Gasteiger partial charge in [0.15, 0.2) is 6.29 Å². The number of phenols is 1. The van der Waals surface area contributed by atoms with Gasteiger partial charge in [0.2, 0.25) is 5.91 Å². The number of nitrogens with one attached hydrogen (secondary N) is 1. The molecular weight excluding hydrogens is 182 g/mol. The number of benzene rings is 1. The summed E-state index contributed by atoms with van der Waals surface area (Å²) < 4.78 is 0. The molecule has 14 heavy (non-hydrogen) atoms. The monoisotopic (exact) mass is 193 g/mol. The summed E-state index contributed by atoms with van der Waals surface area (Å²) in [7, 11) is 0. The van der Waals surface area contributed by atoms with E-state index in [1.54, 1.807) is 13.0 Å². The van der Waals surface area contributed by atoms with Gasteiger partial charge in [-0.15, -0.1) is 0 Å². The van der Waals surface area contributed by atoms with Gasteiger partial charge < -0.3 is 10.4 Å². The maximum Gasteiger partial charge on any atom is 0.221 e. The average Bonchev–Trinajstić information content (AvgIpc) is 2.10. The maximum absolute atomic E-state index is 10.7. The number of amides is 1. The predicted molar refractivity (Wildman–Crippen MR) is 52.5 cm³/mol. The lowest BCUT2D eigenvalue weighted by Crippen LogP contribution is -2.06. The molecule has 1 aromatic rings. The Kier molecular flexibility index (Phi) is 2.86. The van der Waals surface area contributed by atoms with E-state index in [4.69, 9.17) is 0 Å². The Bertz CT molecular complexity index is 385. The minimum atomic E-state index is -0.216. The predicted octanol–water partition coefficient (Wildman–Crippen LogP) is 1.47. The summed E-state index contributed by atoms with van der Waals surface area (Å²) in [4.78, 5) is 21.3. The zero-order valence-corrected chi connectivity index (χ0v) is 8.00. The largest absolute Gasteiger partial charge is 0.507 e. The molecule has 0 aliphatic heterocycles. The second kappa shape index (κ2) is 3.91. The molecule has 0 radical (unpaired) electrons. The van der Waals surface area contributed by atoms with Crippen molar-refractivity contribution in [2.45, 2.75) is 13.8 Å². The van der Waals surface area contributed by atoms with Crippen LogP contribution in [0.2, 0.25) is 0 Å². The van der Waals surface area contributed by atoms with Gasteiger partial charge in [0.1, 0.15) is 5.75 Å². The topological polar surface area (TPSA) is 66.4 Å². The zero-order chi connectivity index (χ0) is 10.7. The van der Waals surface area contributed by atoms with Gasteiger partial charge in [0, 0.05) is 12.6 Å². The molecule has 0 spiro atoms. The van der Waals surface area contributed by atoms with E-state index < -0.39 is 0 Å². The molecule has 0 bridgehead atoms. The Morgan fingerprint density at radius 2 is 2.14 bits per heavy atom. The highest BCUT2D eigenvalue weighted by Crippen LogP contribution is 2.24. The van der Waals surface area contributed by atoms with E-state index in [0.29, 0.717) is 17.5 Å². The zero-order valence-electron chi connectivity index (χ0n) is 8.00. The fourth-order valence-corrected chi connectivity index (χ4v) is 1.17. The first-order chi connectivity index (χ1) is 6.54. The quantitative estimate of drug-likeness (QED) is 0.552. The van der Waals surface area contributed by atoms with E-state index in [1.807, 2.05) is 0 Å². The number of carbonyl (C=O) groups excluding carboxylic acids is 2. The van der Waals surface area contributed by atoms with Crippen LogP contribution in [-0.4, -0.2) is 17.3 Å². The molecule has 0 saturated heterocycles. The standard InChI is InChI=1S/C10H11NO3/c1-6-3-9(11-7(2)13)4-8(5-12)10(6)14/h3-5,14H,1-2H3,(H,11,13). The summed E-state index contributed by atoms with van der Waals surface area (Å²) in [6.07, 6.45) is 0.549. The number of hydrogen-bond acceptors (Lipinski definition) is 3. The van der Waals surface area contributed by atoms with Crippen LogP contribution in [0.1, 0.15) is 22.8 Å². The Hall–Kier alpha value is -1.84. The molecule has 4 heteroatoms. The van der Waals surface area contributed by atoms with Crippen molar-refractivity contribution < 1.29 is 14.7 Å². The van der Waals surface area contributed by atoms with Crippen LogP contribution in [-0.2, 0) is 4.79 Å². The van der Waals surface area contributed by atoms with Crippen LogP contribution in [0, 0.1) is 6.92 Å². The van der Waals surface area contributed by atoms with Crippen LogP contribution in [0.25, 0.3) is 0 Å². The molecule has 0 aliphatic carbocycles. The number of aromatic hydroxyl groups is 1. The lowest BCUT2D eigenvalue weighted by atomic mass is 10.1. The second-order valence-corrected chi connectivity index (χ2v) is 3.03. The van der Waals surface area contributed by atoms with Crippen molar-refractivity contribution in [3.63, 3.8) is 0 Å². The highest BCUT2D eigenvalue weighted by Gasteiger charge is 2.06. The molecule has 1 aromatic carbocycles. The smallest absolute Gasteiger partial charge is 0.221 e. The van der Waals surface area contributed by atoms with Crippen LogP contribution in [0.15, 0.2) is 12.1 Å². The van der Waals surface area contributed by atoms with Gasteiger partial charge >= 0.3 is 0 Å². The minimum absolute atomic E-state index is 0.0471. The Morgan fingerprint density at radius 3 is 2.64 bits per heavy atom. The Balaban J connectivity index is 3.15. The molecule has 0 atom stereocenters. The van der Waals surface area contributed by atoms with E-state index in [-0.39, 0.29) is 17.2 Å². The first-order valence-electron chi connectivity index (χ1n) is 4.11. The van der Waals surface area contributed by atoms with Crippen LogP contribution in [0.4, 0.5) is 5.69 Å². The summed E-state index contributed by atoms with van der Waals surface area (Å²) in [5.74, 6) is -0.263. The third kappa shape index (κ3) is 2.10. The normalized spacial score (nSPS) is 9.57. The third-order valence-electron chi connectivity index (χ3n) is 1.78. The molecule has 0 saturated carbocycles. The van der Waals surface area contributed by atoms with Crippen molar-refractivity contribution in [1.82, 2.24) is 0 Å². The lowest BCUT2D eigenvalue weighted by molar-refractivity contribution is -0.114. The van der Waals surface area contributed by atoms with Crippen LogP contribution in [0.3, 0.4) is 0 Å². The average molecular weight is 193 g/mol. The summed E-state index contributed by atoms with van der Waals surface area (Å²) in [5.41, 5.74) is 1.24. The van der Waals surface area contributed by atoms with Crippen LogP contribution < -0.4 is 5.32 Å². The highest BCUT2D eigenvalue weighted by atomic mass is 16.3. The Labute approximate surface area is 81.6 Å². The van der Waals surface area contributed by atoms with E-state index >= 15 is 0 Å². The summed E-state index contributed by atoms with van der Waals surface area (Å²) >= 11 is 0. The van der Waals surface area contributed by atoms with Crippen LogP contribution in [0.5, 0.6) is 5.75 Å². The molecule has 0 aliphatic rings. The maximum atomic E-state index is 10.7. The van der Waals surface area contributed by atoms with Crippen molar-refractivity contribution >= 4 is 17.9 Å². The van der Waals surface area contributed by atoms with Gasteiger partial charge in [-0.25, -0.2) is 0 Å². The van der Waals surface area contributed by atoms with Gasteiger partial charge in [0.05, 0.1) is 5.56 Å². The van der Waals surface area contributed by atoms with Gasteiger partial charge in [-0.3, -0.25) is 9.59 Å². The van der Waals surface area contributed by atoms with Crippen molar-refractivity contribution in [2.24, 2.45) is 0 Å².